The molecule has 1 unspecified atom stereocenters. The molecule has 6 heavy (non-hydrogen) atoms. The molecule has 0 fully saturated rings. The van der Waals surface area contributed by atoms with Crippen molar-refractivity contribution in [3.8, 4) is 0 Å². The van der Waals surface area contributed by atoms with Crippen LogP contribution in [0.2, 0.25) is 0 Å². The van der Waals surface area contributed by atoms with Gasteiger partial charge in [0.2, 0.25) is 0 Å². The summed E-state index contributed by atoms with van der Waals surface area (Å²) in [5.74, 6) is 1.49. The van der Waals surface area contributed by atoms with Crippen molar-refractivity contribution in [1.82, 2.24) is 0 Å². The summed E-state index contributed by atoms with van der Waals surface area (Å²) >= 11 is 4.73. The smallest absolute Gasteiger partial charge is 0.00626 e. The average Bonchev–Trinajstić information content (AvgIpc) is 1.65. The van der Waals surface area contributed by atoms with Crippen LogP contribution in [-0.4, -0.2) is 5.75 Å². The minimum Gasteiger partial charge on any atom is -0.0939 e. The lowest BCUT2D eigenvalue weighted by atomic mass is 10.2. The molecule has 0 nitrogen and oxygen atoms in total. The van der Waals surface area contributed by atoms with Crippen LogP contribution in [-0.2, 0) is 0 Å². The second kappa shape index (κ2) is 3.54. The van der Waals surface area contributed by atoms with Crippen molar-refractivity contribution >= 4 is 12.6 Å². The topological polar surface area (TPSA) is 0 Å². The minimum absolute atomic E-state index is 0.639. The van der Waals surface area contributed by atoms with Gasteiger partial charge in [-0.1, -0.05) is 26.5 Å². The lowest BCUT2D eigenvalue weighted by Crippen LogP contribution is -1.90. The molecular formula is C5H10S. The molecule has 0 heterocycles. The van der Waals surface area contributed by atoms with Gasteiger partial charge >= 0.3 is 0 Å². The van der Waals surface area contributed by atoms with Crippen LogP contribution in [0.15, 0.2) is 0 Å². The Labute approximate surface area is 45.4 Å². The van der Waals surface area contributed by atoms with Crippen LogP contribution in [0.4, 0.5) is 0 Å². The van der Waals surface area contributed by atoms with Gasteiger partial charge in [-0.15, -0.1) is 0 Å². The average molecular weight is 102 g/mol. The Kier molecular flexibility index (Phi) is 3.74. The van der Waals surface area contributed by atoms with E-state index in [-0.39, 0.29) is 0 Å². The molecule has 0 aromatic heterocycles. The zero-order chi connectivity index (χ0) is 4.99. The number of hydrogen-bond acceptors (Lipinski definition) is 0. The fourth-order valence-electron chi connectivity index (χ4n) is 0.0833. The molecule has 0 aromatic rings. The zero-order valence-electron chi connectivity index (χ0n) is 4.11. The van der Waals surface area contributed by atoms with Crippen LogP contribution >= 0.6 is 12.6 Å². The maximum atomic E-state index is 4.73. The van der Waals surface area contributed by atoms with E-state index in [4.69, 9.17) is 12.6 Å². The Hall–Kier alpha value is 0.350. The van der Waals surface area contributed by atoms with Crippen molar-refractivity contribution in [2.45, 2.75) is 13.3 Å². The molecule has 1 atom stereocenters. The predicted molar refractivity (Wildman–Crippen MR) is 31.6 cm³/mol. The van der Waals surface area contributed by atoms with Gasteiger partial charge in [0.05, 0.1) is 0 Å². The summed E-state index contributed by atoms with van der Waals surface area (Å²) in [5.41, 5.74) is 0. The van der Waals surface area contributed by atoms with Crippen molar-refractivity contribution in [3.63, 3.8) is 0 Å². The normalized spacial score (nSPS) is 14.5. The summed E-state index contributed by atoms with van der Waals surface area (Å²) in [6.45, 7) is 5.80. The molecule has 36 valence electrons. The monoisotopic (exact) mass is 102 g/mol. The van der Waals surface area contributed by atoms with Gasteiger partial charge in [-0.05, 0) is 12.3 Å². The van der Waals surface area contributed by atoms with E-state index >= 15 is 0 Å². The van der Waals surface area contributed by atoms with Gasteiger partial charge in [0.15, 0.2) is 0 Å². The minimum atomic E-state index is 0.639. The Balaban J connectivity index is 2.75. The Morgan fingerprint density at radius 1 is 1.83 bits per heavy atom. The maximum absolute atomic E-state index is 4.73. The Morgan fingerprint density at radius 2 is 2.33 bits per heavy atom. The highest BCUT2D eigenvalue weighted by Gasteiger charge is 1.90. The van der Waals surface area contributed by atoms with Crippen LogP contribution in [0.3, 0.4) is 0 Å². The Morgan fingerprint density at radius 3 is 2.33 bits per heavy atom. The van der Waals surface area contributed by atoms with E-state index in [0.29, 0.717) is 5.92 Å². The molecular weight excluding hydrogens is 92.1 g/mol. The molecule has 0 saturated carbocycles. The van der Waals surface area contributed by atoms with Gasteiger partial charge in [0.25, 0.3) is 0 Å². The maximum Gasteiger partial charge on any atom is 0.00626 e. The van der Waals surface area contributed by atoms with Crippen LogP contribution in [0, 0.1) is 12.8 Å². The second-order valence-electron chi connectivity index (χ2n) is 1.56. The molecule has 0 rings (SSSR count). The van der Waals surface area contributed by atoms with Crippen molar-refractivity contribution in [1.29, 1.82) is 0 Å². The van der Waals surface area contributed by atoms with Gasteiger partial charge in [0, 0.05) is 5.75 Å². The van der Waals surface area contributed by atoms with Crippen LogP contribution in [0.1, 0.15) is 13.3 Å². The van der Waals surface area contributed by atoms with E-state index in [1.54, 1.807) is 0 Å². The third-order valence-corrected chi connectivity index (χ3v) is 1.35. The van der Waals surface area contributed by atoms with Gasteiger partial charge in [-0.25, -0.2) is 0 Å². The van der Waals surface area contributed by atoms with E-state index < -0.39 is 0 Å². The van der Waals surface area contributed by atoms with Crippen molar-refractivity contribution in [2.24, 2.45) is 5.92 Å². The summed E-state index contributed by atoms with van der Waals surface area (Å²) in [7, 11) is 0. The van der Waals surface area contributed by atoms with E-state index in [2.05, 4.69) is 13.8 Å². The van der Waals surface area contributed by atoms with E-state index in [1.165, 1.54) is 0 Å². The number of rotatable bonds is 2. The molecule has 0 aliphatic rings. The highest BCUT2D eigenvalue weighted by molar-refractivity contribution is 7.80. The first-order chi connectivity index (χ1) is 2.81. The molecule has 0 spiro atoms. The molecule has 2 radical (unpaired) electrons. The van der Waals surface area contributed by atoms with Gasteiger partial charge in [0.1, 0.15) is 0 Å². The van der Waals surface area contributed by atoms with Gasteiger partial charge in [-0.3, -0.25) is 0 Å². The second-order valence-corrected chi connectivity index (χ2v) is 1.89. The van der Waals surface area contributed by atoms with Crippen molar-refractivity contribution in [3.05, 3.63) is 6.92 Å². The Bertz CT molecular complexity index is 23.1. The zero-order valence-corrected chi connectivity index (χ0v) is 4.92. The SMILES string of the molecule is [CH2]CC(C)C[S]. The van der Waals surface area contributed by atoms with E-state index in [0.717, 1.165) is 12.2 Å². The van der Waals surface area contributed by atoms with Crippen LogP contribution in [0.5, 0.6) is 0 Å². The summed E-state index contributed by atoms with van der Waals surface area (Å²) in [6, 6.07) is 0. The first kappa shape index (κ1) is 6.35. The molecule has 1 heteroatoms. The highest BCUT2D eigenvalue weighted by atomic mass is 32.1. The quantitative estimate of drug-likeness (QED) is 0.500. The molecule has 0 N–H and O–H groups in total. The lowest BCUT2D eigenvalue weighted by molar-refractivity contribution is 0.675. The third-order valence-electron chi connectivity index (χ3n) is 0.777. The first-order valence-corrected chi connectivity index (χ1v) is 2.76. The largest absolute Gasteiger partial charge is 0.0939 e. The highest BCUT2D eigenvalue weighted by Crippen LogP contribution is 1.99. The molecule has 0 bridgehead atoms. The number of hydrogen-bond donors (Lipinski definition) is 0. The fraction of sp³-hybridized carbons (Fsp3) is 0.800. The first-order valence-electron chi connectivity index (χ1n) is 2.18. The molecule has 0 aliphatic carbocycles. The van der Waals surface area contributed by atoms with Crippen LogP contribution < -0.4 is 0 Å². The van der Waals surface area contributed by atoms with Crippen molar-refractivity contribution in [2.75, 3.05) is 5.75 Å². The van der Waals surface area contributed by atoms with E-state index in [9.17, 15) is 0 Å². The fourth-order valence-corrected chi connectivity index (χ4v) is 0.250. The summed E-state index contributed by atoms with van der Waals surface area (Å²) in [5, 5.41) is 0. The summed E-state index contributed by atoms with van der Waals surface area (Å²) in [6.07, 6.45) is 0.976. The molecule has 0 aliphatic heterocycles. The van der Waals surface area contributed by atoms with Crippen LogP contribution in [0.25, 0.3) is 0 Å². The van der Waals surface area contributed by atoms with Gasteiger partial charge in [-0.2, -0.15) is 0 Å². The third kappa shape index (κ3) is 2.58. The van der Waals surface area contributed by atoms with E-state index in [1.807, 2.05) is 0 Å². The summed E-state index contributed by atoms with van der Waals surface area (Å²) in [4.78, 5) is 0. The lowest BCUT2D eigenvalue weighted by Gasteiger charge is -1.97. The van der Waals surface area contributed by atoms with Gasteiger partial charge < -0.3 is 0 Å². The van der Waals surface area contributed by atoms with Crippen molar-refractivity contribution < 1.29 is 0 Å². The predicted octanol–water partition coefficient (Wildman–Crippen LogP) is 2.04. The molecule has 0 saturated heterocycles. The molecule has 0 aromatic carbocycles. The molecule has 0 amide bonds. The summed E-state index contributed by atoms with van der Waals surface area (Å²) < 4.78 is 0. The standard InChI is InChI=1S/C5H10S/c1-3-5(2)4-6/h5H,1,3-4H2,2H3.